The standard InChI is InChI=1S/C13H26N2O/c1-10(6-5-9-14)13(16)15-11(2)12-7-3-4-8-12/h10-12H,3-9,14H2,1-2H3,(H,15,16). The Morgan fingerprint density at radius 3 is 2.56 bits per heavy atom. The van der Waals surface area contributed by atoms with Gasteiger partial charge in [0.05, 0.1) is 0 Å². The Morgan fingerprint density at radius 2 is 2.00 bits per heavy atom. The van der Waals surface area contributed by atoms with Crippen LogP contribution < -0.4 is 11.1 Å². The lowest BCUT2D eigenvalue weighted by Gasteiger charge is -2.22. The van der Waals surface area contributed by atoms with Crippen LogP contribution in [0.3, 0.4) is 0 Å². The zero-order valence-corrected chi connectivity index (χ0v) is 10.7. The van der Waals surface area contributed by atoms with E-state index in [9.17, 15) is 4.79 Å². The molecule has 1 saturated carbocycles. The summed E-state index contributed by atoms with van der Waals surface area (Å²) in [6.07, 6.45) is 7.05. The second-order valence-corrected chi connectivity index (χ2v) is 5.17. The highest BCUT2D eigenvalue weighted by molar-refractivity contribution is 5.78. The highest BCUT2D eigenvalue weighted by Gasteiger charge is 2.24. The van der Waals surface area contributed by atoms with Crippen molar-refractivity contribution in [3.63, 3.8) is 0 Å². The van der Waals surface area contributed by atoms with Crippen molar-refractivity contribution in [3.05, 3.63) is 0 Å². The van der Waals surface area contributed by atoms with E-state index in [4.69, 9.17) is 5.73 Å². The monoisotopic (exact) mass is 226 g/mol. The summed E-state index contributed by atoms with van der Waals surface area (Å²) in [6.45, 7) is 4.81. The first-order valence-electron chi connectivity index (χ1n) is 6.65. The van der Waals surface area contributed by atoms with E-state index in [-0.39, 0.29) is 11.8 Å². The van der Waals surface area contributed by atoms with Gasteiger partial charge in [-0.05, 0) is 45.1 Å². The predicted octanol–water partition coefficient (Wildman–Crippen LogP) is 2.06. The van der Waals surface area contributed by atoms with Crippen LogP contribution in [0, 0.1) is 11.8 Å². The molecule has 3 nitrogen and oxygen atoms in total. The topological polar surface area (TPSA) is 55.1 Å². The van der Waals surface area contributed by atoms with Crippen LogP contribution in [0.4, 0.5) is 0 Å². The van der Waals surface area contributed by atoms with Gasteiger partial charge in [0, 0.05) is 12.0 Å². The van der Waals surface area contributed by atoms with Crippen molar-refractivity contribution >= 4 is 5.91 Å². The van der Waals surface area contributed by atoms with Crippen molar-refractivity contribution < 1.29 is 4.79 Å². The number of hydrogen-bond acceptors (Lipinski definition) is 2. The minimum Gasteiger partial charge on any atom is -0.353 e. The molecule has 1 aliphatic carbocycles. The van der Waals surface area contributed by atoms with Gasteiger partial charge in [-0.3, -0.25) is 4.79 Å². The SMILES string of the molecule is CC(CCCN)C(=O)NC(C)C1CCCC1. The Hall–Kier alpha value is -0.570. The van der Waals surface area contributed by atoms with E-state index in [2.05, 4.69) is 12.2 Å². The summed E-state index contributed by atoms with van der Waals surface area (Å²) in [4.78, 5) is 11.9. The Labute approximate surface area is 99.2 Å². The van der Waals surface area contributed by atoms with Gasteiger partial charge < -0.3 is 11.1 Å². The third-order valence-corrected chi connectivity index (χ3v) is 3.77. The van der Waals surface area contributed by atoms with Crippen LogP contribution in [0.15, 0.2) is 0 Å². The molecule has 0 aromatic carbocycles. The highest BCUT2D eigenvalue weighted by atomic mass is 16.1. The van der Waals surface area contributed by atoms with E-state index in [1.165, 1.54) is 25.7 Å². The molecule has 0 aromatic heterocycles. The second kappa shape index (κ2) is 6.89. The predicted molar refractivity (Wildman–Crippen MR) is 67.0 cm³/mol. The Morgan fingerprint density at radius 1 is 1.38 bits per heavy atom. The van der Waals surface area contributed by atoms with E-state index in [0.717, 1.165) is 12.8 Å². The van der Waals surface area contributed by atoms with Crippen LogP contribution >= 0.6 is 0 Å². The molecule has 0 aromatic rings. The average Bonchev–Trinajstić information content (AvgIpc) is 2.79. The second-order valence-electron chi connectivity index (χ2n) is 5.17. The van der Waals surface area contributed by atoms with Gasteiger partial charge in [0.1, 0.15) is 0 Å². The van der Waals surface area contributed by atoms with Crippen LogP contribution in [-0.4, -0.2) is 18.5 Å². The summed E-state index contributed by atoms with van der Waals surface area (Å²) in [7, 11) is 0. The zero-order valence-electron chi connectivity index (χ0n) is 10.7. The van der Waals surface area contributed by atoms with Crippen LogP contribution in [0.2, 0.25) is 0 Å². The number of amides is 1. The van der Waals surface area contributed by atoms with E-state index in [1.807, 2.05) is 6.92 Å². The number of nitrogens with one attached hydrogen (secondary N) is 1. The summed E-state index contributed by atoms with van der Waals surface area (Å²) in [5.74, 6) is 1.01. The highest BCUT2D eigenvalue weighted by Crippen LogP contribution is 2.27. The van der Waals surface area contributed by atoms with Crippen LogP contribution in [0.25, 0.3) is 0 Å². The van der Waals surface area contributed by atoms with Gasteiger partial charge in [-0.1, -0.05) is 19.8 Å². The normalized spacial score (nSPS) is 20.7. The number of carbonyl (C=O) groups is 1. The maximum atomic E-state index is 11.9. The van der Waals surface area contributed by atoms with E-state index in [1.54, 1.807) is 0 Å². The molecule has 3 heteroatoms. The molecule has 2 atom stereocenters. The number of nitrogens with two attached hydrogens (primary N) is 1. The first kappa shape index (κ1) is 13.5. The molecule has 2 unspecified atom stereocenters. The molecule has 1 aliphatic rings. The van der Waals surface area contributed by atoms with Gasteiger partial charge in [0.2, 0.25) is 5.91 Å². The number of carbonyl (C=O) groups excluding carboxylic acids is 1. The summed E-state index contributed by atoms with van der Waals surface area (Å²) < 4.78 is 0. The fourth-order valence-corrected chi connectivity index (χ4v) is 2.50. The molecule has 0 radical (unpaired) electrons. The fourth-order valence-electron chi connectivity index (χ4n) is 2.50. The quantitative estimate of drug-likeness (QED) is 0.728. The Bertz CT molecular complexity index is 212. The molecule has 0 aliphatic heterocycles. The first-order valence-corrected chi connectivity index (χ1v) is 6.65. The number of rotatable bonds is 6. The molecule has 1 rings (SSSR count). The fraction of sp³-hybridized carbons (Fsp3) is 0.923. The maximum Gasteiger partial charge on any atom is 0.223 e. The minimum atomic E-state index is 0.104. The largest absolute Gasteiger partial charge is 0.353 e. The molecule has 1 fully saturated rings. The molecular weight excluding hydrogens is 200 g/mol. The molecule has 0 bridgehead atoms. The third kappa shape index (κ3) is 4.12. The van der Waals surface area contributed by atoms with Crippen LogP contribution in [0.1, 0.15) is 52.4 Å². The lowest BCUT2D eigenvalue weighted by molar-refractivity contribution is -0.125. The summed E-state index contributed by atoms with van der Waals surface area (Å²) in [5, 5.41) is 3.15. The molecule has 1 amide bonds. The molecule has 0 saturated heterocycles. The summed E-state index contributed by atoms with van der Waals surface area (Å²) in [6, 6.07) is 0.343. The molecule has 0 heterocycles. The molecule has 94 valence electrons. The van der Waals surface area contributed by atoms with Crippen molar-refractivity contribution in [2.24, 2.45) is 17.6 Å². The molecular formula is C13H26N2O. The number of hydrogen-bond donors (Lipinski definition) is 2. The lowest BCUT2D eigenvalue weighted by Crippen LogP contribution is -2.40. The molecule has 16 heavy (non-hydrogen) atoms. The first-order chi connectivity index (χ1) is 7.65. The third-order valence-electron chi connectivity index (χ3n) is 3.77. The molecule has 3 N–H and O–H groups in total. The Balaban J connectivity index is 2.26. The summed E-state index contributed by atoms with van der Waals surface area (Å²) in [5.41, 5.74) is 5.45. The van der Waals surface area contributed by atoms with E-state index >= 15 is 0 Å². The smallest absolute Gasteiger partial charge is 0.223 e. The van der Waals surface area contributed by atoms with Gasteiger partial charge >= 0.3 is 0 Å². The zero-order chi connectivity index (χ0) is 12.0. The van der Waals surface area contributed by atoms with Crippen molar-refractivity contribution in [1.29, 1.82) is 0 Å². The van der Waals surface area contributed by atoms with Gasteiger partial charge in [-0.15, -0.1) is 0 Å². The Kier molecular flexibility index (Phi) is 5.81. The van der Waals surface area contributed by atoms with Gasteiger partial charge in [-0.25, -0.2) is 0 Å². The van der Waals surface area contributed by atoms with E-state index < -0.39 is 0 Å². The van der Waals surface area contributed by atoms with Gasteiger partial charge in [0.25, 0.3) is 0 Å². The maximum absolute atomic E-state index is 11.9. The van der Waals surface area contributed by atoms with Crippen molar-refractivity contribution in [2.45, 2.75) is 58.4 Å². The van der Waals surface area contributed by atoms with Crippen LogP contribution in [0.5, 0.6) is 0 Å². The minimum absolute atomic E-state index is 0.104. The van der Waals surface area contributed by atoms with E-state index in [0.29, 0.717) is 18.5 Å². The van der Waals surface area contributed by atoms with Crippen LogP contribution in [-0.2, 0) is 4.79 Å². The average molecular weight is 226 g/mol. The molecule has 0 spiro atoms. The van der Waals surface area contributed by atoms with Gasteiger partial charge in [-0.2, -0.15) is 0 Å². The van der Waals surface area contributed by atoms with Crippen molar-refractivity contribution in [1.82, 2.24) is 5.32 Å². The lowest BCUT2D eigenvalue weighted by atomic mass is 9.98. The van der Waals surface area contributed by atoms with Crippen molar-refractivity contribution in [3.8, 4) is 0 Å². The summed E-state index contributed by atoms with van der Waals surface area (Å²) >= 11 is 0. The van der Waals surface area contributed by atoms with Gasteiger partial charge in [0.15, 0.2) is 0 Å². The van der Waals surface area contributed by atoms with Crippen molar-refractivity contribution in [2.75, 3.05) is 6.54 Å².